The highest BCUT2D eigenvalue weighted by molar-refractivity contribution is 5.22. The maximum atomic E-state index is 12.0. The molecular weight excluding hydrogens is 398 g/mol. The fourth-order valence-corrected chi connectivity index (χ4v) is 9.76. The van der Waals surface area contributed by atoms with Crippen LogP contribution in [0.3, 0.4) is 0 Å². The van der Waals surface area contributed by atoms with Gasteiger partial charge in [0.25, 0.3) is 0 Å². The van der Waals surface area contributed by atoms with Gasteiger partial charge < -0.3 is 21.1 Å². The molecule has 5 N–H and O–H groups in total. The molecule has 186 valence electrons. The van der Waals surface area contributed by atoms with Gasteiger partial charge in [-0.05, 0) is 85.9 Å². The quantitative estimate of drug-likeness (QED) is 0.465. The fourth-order valence-electron chi connectivity index (χ4n) is 9.76. The molecule has 4 heteroatoms. The topological polar surface area (TPSA) is 86.7 Å². The van der Waals surface area contributed by atoms with Crippen molar-refractivity contribution in [2.45, 2.75) is 123 Å². The Hall–Kier alpha value is -0.160. The van der Waals surface area contributed by atoms with Crippen LogP contribution in [-0.2, 0) is 0 Å². The Balaban J connectivity index is 1.60. The highest BCUT2D eigenvalue weighted by atomic mass is 16.4. The summed E-state index contributed by atoms with van der Waals surface area (Å²) in [5.41, 5.74) is 3.57. The van der Waals surface area contributed by atoms with Crippen molar-refractivity contribution in [1.82, 2.24) is 0 Å². The van der Waals surface area contributed by atoms with Gasteiger partial charge in [-0.25, -0.2) is 0 Å². The summed E-state index contributed by atoms with van der Waals surface area (Å²) in [5.74, 6) is 3.78. The van der Waals surface area contributed by atoms with E-state index in [-0.39, 0.29) is 18.4 Å². The SMILES string of the molecule is CC(C)CCC[C@@H](C)[C@H]1CC[C@H]2[C@@H]3C[C@@](O)(CN)[C@@]4(O)C[C@@H](O)CC[C@]4(C)[C@H]3CC[C@]12C. The fraction of sp³-hybridized carbons (Fsp3) is 1.00. The van der Waals surface area contributed by atoms with E-state index in [0.29, 0.717) is 29.6 Å². The average Bonchev–Trinajstić information content (AvgIpc) is 3.07. The van der Waals surface area contributed by atoms with E-state index in [4.69, 9.17) is 5.73 Å². The number of aliphatic hydroxyl groups is 3. The van der Waals surface area contributed by atoms with Crippen LogP contribution < -0.4 is 5.73 Å². The van der Waals surface area contributed by atoms with Gasteiger partial charge in [0, 0.05) is 18.4 Å². The predicted octanol–water partition coefficient (Wildman–Crippen LogP) is 4.88. The van der Waals surface area contributed by atoms with Crippen molar-refractivity contribution in [3.63, 3.8) is 0 Å². The molecule has 10 atom stereocenters. The van der Waals surface area contributed by atoms with E-state index in [1.54, 1.807) is 0 Å². The highest BCUT2D eigenvalue weighted by Gasteiger charge is 2.71. The van der Waals surface area contributed by atoms with Gasteiger partial charge in [-0.2, -0.15) is 0 Å². The number of fused-ring (bicyclic) bond motifs is 5. The van der Waals surface area contributed by atoms with Crippen molar-refractivity contribution in [3.05, 3.63) is 0 Å². The lowest BCUT2D eigenvalue weighted by molar-refractivity contribution is -0.303. The van der Waals surface area contributed by atoms with Gasteiger partial charge in [-0.1, -0.05) is 53.9 Å². The second kappa shape index (κ2) is 8.50. The maximum Gasteiger partial charge on any atom is 0.106 e. The van der Waals surface area contributed by atoms with E-state index in [1.807, 2.05) is 0 Å². The minimum Gasteiger partial charge on any atom is -0.393 e. The first-order chi connectivity index (χ1) is 14.9. The molecule has 4 nitrogen and oxygen atoms in total. The molecule has 4 rings (SSSR count). The van der Waals surface area contributed by atoms with Crippen molar-refractivity contribution < 1.29 is 15.3 Å². The Morgan fingerprint density at radius 2 is 1.62 bits per heavy atom. The lowest BCUT2D eigenvalue weighted by Gasteiger charge is -2.68. The van der Waals surface area contributed by atoms with Gasteiger partial charge in [0.15, 0.2) is 0 Å². The van der Waals surface area contributed by atoms with Crippen LogP contribution in [0, 0.1) is 46.3 Å². The number of hydrogen-bond donors (Lipinski definition) is 4. The Labute approximate surface area is 196 Å². The van der Waals surface area contributed by atoms with Crippen molar-refractivity contribution >= 4 is 0 Å². The summed E-state index contributed by atoms with van der Waals surface area (Å²) in [7, 11) is 0. The molecular formula is C28H51NO3. The highest BCUT2D eigenvalue weighted by Crippen LogP contribution is 2.70. The monoisotopic (exact) mass is 449 g/mol. The normalized spacial score (nSPS) is 51.8. The molecule has 32 heavy (non-hydrogen) atoms. The van der Waals surface area contributed by atoms with Gasteiger partial charge in [-0.3, -0.25) is 0 Å². The molecule has 0 aliphatic heterocycles. The summed E-state index contributed by atoms with van der Waals surface area (Å²) in [6, 6.07) is 0. The van der Waals surface area contributed by atoms with Crippen LogP contribution in [0.25, 0.3) is 0 Å². The summed E-state index contributed by atoms with van der Waals surface area (Å²) >= 11 is 0. The molecule has 0 aromatic carbocycles. The Morgan fingerprint density at radius 1 is 0.906 bits per heavy atom. The van der Waals surface area contributed by atoms with Crippen LogP contribution in [0.1, 0.15) is 105 Å². The second-order valence-electron chi connectivity index (χ2n) is 13.5. The summed E-state index contributed by atoms with van der Waals surface area (Å²) in [4.78, 5) is 0. The van der Waals surface area contributed by atoms with Crippen LogP contribution in [0.5, 0.6) is 0 Å². The van der Waals surface area contributed by atoms with Crippen LogP contribution in [-0.4, -0.2) is 39.2 Å². The lowest BCUT2D eigenvalue weighted by atomic mass is 9.39. The maximum absolute atomic E-state index is 12.0. The molecule has 0 saturated heterocycles. The molecule has 0 radical (unpaired) electrons. The predicted molar refractivity (Wildman–Crippen MR) is 130 cm³/mol. The smallest absolute Gasteiger partial charge is 0.106 e. The minimum absolute atomic E-state index is 0.0769. The third-order valence-corrected chi connectivity index (χ3v) is 11.6. The molecule has 0 unspecified atom stereocenters. The minimum atomic E-state index is -1.30. The first-order valence-corrected chi connectivity index (χ1v) is 13.7. The Bertz CT molecular complexity index is 684. The molecule has 4 aliphatic rings. The number of hydrogen-bond acceptors (Lipinski definition) is 4. The van der Waals surface area contributed by atoms with Crippen molar-refractivity contribution in [1.29, 1.82) is 0 Å². The van der Waals surface area contributed by atoms with E-state index in [0.717, 1.165) is 37.0 Å². The third kappa shape index (κ3) is 3.53. The molecule has 0 amide bonds. The zero-order chi connectivity index (χ0) is 23.5. The van der Waals surface area contributed by atoms with Gasteiger partial charge >= 0.3 is 0 Å². The summed E-state index contributed by atoms with van der Waals surface area (Å²) in [6.07, 6.45) is 10.8. The summed E-state index contributed by atoms with van der Waals surface area (Å²) < 4.78 is 0. The summed E-state index contributed by atoms with van der Waals surface area (Å²) in [5, 5.41) is 34.2. The zero-order valence-corrected chi connectivity index (χ0v) is 21.4. The molecule has 0 aromatic heterocycles. The Morgan fingerprint density at radius 3 is 2.28 bits per heavy atom. The number of rotatable bonds is 6. The van der Waals surface area contributed by atoms with Gasteiger partial charge in [0.2, 0.25) is 0 Å². The standard InChI is InChI=1S/C28H51NO3/c1-18(2)7-6-8-19(3)22-9-10-23-21-16-27(31,17-29)28(32)15-20(30)11-14-26(28,5)24(21)12-13-25(22,23)4/h18-24,30-32H,6-17,29H2,1-5H3/t19-,20+,21+,22-,23+,24+,25-,26-,27-,28-/m1/s1. The molecule has 4 aliphatic carbocycles. The van der Waals surface area contributed by atoms with E-state index in [2.05, 4.69) is 34.6 Å². The molecule has 4 saturated carbocycles. The van der Waals surface area contributed by atoms with E-state index < -0.39 is 17.3 Å². The first kappa shape index (κ1) is 24.9. The molecule has 0 bridgehead atoms. The lowest BCUT2D eigenvalue weighted by Crippen LogP contribution is -2.75. The van der Waals surface area contributed by atoms with Crippen LogP contribution in [0.15, 0.2) is 0 Å². The van der Waals surface area contributed by atoms with Crippen molar-refractivity contribution in [2.24, 2.45) is 52.1 Å². The molecule has 0 heterocycles. The van der Waals surface area contributed by atoms with E-state index in [9.17, 15) is 15.3 Å². The second-order valence-corrected chi connectivity index (χ2v) is 13.5. The van der Waals surface area contributed by atoms with Crippen molar-refractivity contribution in [2.75, 3.05) is 6.54 Å². The van der Waals surface area contributed by atoms with Crippen LogP contribution >= 0.6 is 0 Å². The van der Waals surface area contributed by atoms with Crippen LogP contribution in [0.2, 0.25) is 0 Å². The largest absolute Gasteiger partial charge is 0.393 e. The zero-order valence-electron chi connectivity index (χ0n) is 21.4. The Kier molecular flexibility index (Phi) is 6.63. The van der Waals surface area contributed by atoms with Crippen LogP contribution in [0.4, 0.5) is 0 Å². The van der Waals surface area contributed by atoms with E-state index >= 15 is 0 Å². The van der Waals surface area contributed by atoms with Gasteiger partial charge in [-0.15, -0.1) is 0 Å². The van der Waals surface area contributed by atoms with Crippen molar-refractivity contribution in [3.8, 4) is 0 Å². The van der Waals surface area contributed by atoms with E-state index in [1.165, 1.54) is 38.5 Å². The molecule has 0 spiro atoms. The average molecular weight is 450 g/mol. The molecule has 0 aromatic rings. The number of aliphatic hydroxyl groups excluding tert-OH is 1. The summed E-state index contributed by atoms with van der Waals surface area (Å²) in [6.45, 7) is 12.0. The first-order valence-electron chi connectivity index (χ1n) is 13.7. The molecule has 4 fully saturated rings. The number of nitrogens with two attached hydrogens (primary N) is 1. The van der Waals surface area contributed by atoms with Gasteiger partial charge in [0.1, 0.15) is 11.2 Å². The van der Waals surface area contributed by atoms with Gasteiger partial charge in [0.05, 0.1) is 6.10 Å². The third-order valence-electron chi connectivity index (χ3n) is 11.6.